The molecule has 0 aromatic rings. The summed E-state index contributed by atoms with van der Waals surface area (Å²) < 4.78 is 10.5. The number of carbonyl (C=O) groups is 1. The Hall–Kier alpha value is -0.810. The van der Waals surface area contributed by atoms with Crippen LogP contribution in [0.25, 0.3) is 0 Å². The van der Waals surface area contributed by atoms with E-state index in [1.54, 1.807) is 0 Å². The Labute approximate surface area is 88.5 Å². The lowest BCUT2D eigenvalue weighted by Crippen LogP contribution is -2.80. The summed E-state index contributed by atoms with van der Waals surface area (Å²) in [5.74, 6) is 0. The maximum absolute atomic E-state index is 10.7. The molecule has 0 atom stereocenters. The van der Waals surface area contributed by atoms with Gasteiger partial charge in [-0.3, -0.25) is 4.90 Å². The summed E-state index contributed by atoms with van der Waals surface area (Å²) in [6.45, 7) is 3.66. The van der Waals surface area contributed by atoms with Gasteiger partial charge in [0, 0.05) is 37.9 Å². The molecule has 3 aliphatic carbocycles. The lowest BCUT2D eigenvalue weighted by molar-refractivity contribution is -0.271. The molecule has 84 valence electrons. The topological polar surface area (TPSA) is 64.8 Å². The number of hydrogen-bond acceptors (Lipinski definition) is 4. The Balaban J connectivity index is 1.58. The Morgan fingerprint density at radius 2 is 1.87 bits per heavy atom. The summed E-state index contributed by atoms with van der Waals surface area (Å²) in [6.07, 6.45) is 2.25. The summed E-state index contributed by atoms with van der Waals surface area (Å²) in [6, 6.07) is 0. The van der Waals surface area contributed by atoms with Crippen molar-refractivity contribution < 1.29 is 14.3 Å². The van der Waals surface area contributed by atoms with Crippen LogP contribution >= 0.6 is 0 Å². The first-order valence-electron chi connectivity index (χ1n) is 5.46. The minimum absolute atomic E-state index is 0.204. The SMILES string of the molecule is NC(=O)OC12CC(N3CCOCC3)(C1)C2. The molecule has 1 heterocycles. The van der Waals surface area contributed by atoms with Crippen LogP contribution in [0.1, 0.15) is 19.3 Å². The molecule has 4 fully saturated rings. The van der Waals surface area contributed by atoms with E-state index in [0.29, 0.717) is 5.54 Å². The summed E-state index contributed by atoms with van der Waals surface area (Å²) in [5, 5.41) is 0. The van der Waals surface area contributed by atoms with E-state index >= 15 is 0 Å². The molecule has 2 bridgehead atoms. The number of rotatable bonds is 2. The highest BCUT2D eigenvalue weighted by atomic mass is 16.6. The average molecular weight is 212 g/mol. The molecule has 1 saturated heterocycles. The first-order chi connectivity index (χ1) is 7.14. The zero-order valence-electron chi connectivity index (χ0n) is 8.70. The number of amides is 1. The fourth-order valence-corrected chi connectivity index (χ4v) is 3.34. The van der Waals surface area contributed by atoms with Gasteiger partial charge in [0.1, 0.15) is 5.60 Å². The first-order valence-corrected chi connectivity index (χ1v) is 5.46. The molecule has 1 amide bonds. The fourth-order valence-electron chi connectivity index (χ4n) is 3.34. The lowest BCUT2D eigenvalue weighted by atomic mass is 9.45. The Bertz CT molecular complexity index is 279. The van der Waals surface area contributed by atoms with Gasteiger partial charge < -0.3 is 15.2 Å². The predicted octanol–water partition coefficient (Wildman–Crippen LogP) is 0.0890. The van der Waals surface area contributed by atoms with Crippen LogP contribution in [0.4, 0.5) is 4.79 Å². The van der Waals surface area contributed by atoms with Crippen molar-refractivity contribution in [1.82, 2.24) is 4.90 Å². The van der Waals surface area contributed by atoms with E-state index in [4.69, 9.17) is 15.2 Å². The molecule has 0 aromatic carbocycles. The normalized spacial score (nSPS) is 44.0. The van der Waals surface area contributed by atoms with E-state index in [0.717, 1.165) is 45.6 Å². The van der Waals surface area contributed by atoms with Gasteiger partial charge in [0.2, 0.25) is 0 Å². The van der Waals surface area contributed by atoms with Crippen molar-refractivity contribution in [1.29, 1.82) is 0 Å². The Morgan fingerprint density at radius 3 is 2.40 bits per heavy atom. The van der Waals surface area contributed by atoms with E-state index in [2.05, 4.69) is 4.90 Å². The molecule has 5 heteroatoms. The number of morpholine rings is 1. The molecule has 1 aliphatic heterocycles. The van der Waals surface area contributed by atoms with Gasteiger partial charge in [0.25, 0.3) is 0 Å². The monoisotopic (exact) mass is 212 g/mol. The van der Waals surface area contributed by atoms with Crippen LogP contribution in [0, 0.1) is 0 Å². The number of hydrogen-bond donors (Lipinski definition) is 1. The second-order valence-electron chi connectivity index (χ2n) is 4.96. The smallest absolute Gasteiger partial charge is 0.405 e. The summed E-state index contributed by atoms with van der Waals surface area (Å²) in [4.78, 5) is 13.2. The third-order valence-electron chi connectivity index (χ3n) is 3.95. The average Bonchev–Trinajstić information content (AvgIpc) is 2.10. The molecule has 4 aliphatic rings. The van der Waals surface area contributed by atoms with Gasteiger partial charge in [-0.25, -0.2) is 4.79 Å². The fraction of sp³-hybridized carbons (Fsp3) is 0.900. The van der Waals surface area contributed by atoms with E-state index in [1.165, 1.54) is 0 Å². The van der Waals surface area contributed by atoms with Crippen molar-refractivity contribution in [2.24, 2.45) is 5.73 Å². The zero-order valence-corrected chi connectivity index (χ0v) is 8.70. The van der Waals surface area contributed by atoms with Gasteiger partial charge in [-0.05, 0) is 0 Å². The maximum atomic E-state index is 10.7. The standard InChI is InChI=1S/C10H16N2O3/c11-8(13)15-10-5-9(6-10,7-10)12-1-3-14-4-2-12/h1-7H2,(H2,11,13). The van der Waals surface area contributed by atoms with Crippen LogP contribution in [-0.2, 0) is 9.47 Å². The van der Waals surface area contributed by atoms with Gasteiger partial charge >= 0.3 is 6.09 Å². The number of ether oxygens (including phenoxy) is 2. The summed E-state index contributed by atoms with van der Waals surface area (Å²) in [5.41, 5.74) is 5.14. The van der Waals surface area contributed by atoms with Crippen LogP contribution in [0.15, 0.2) is 0 Å². The zero-order chi connectivity index (χ0) is 10.5. The predicted molar refractivity (Wildman–Crippen MR) is 52.4 cm³/mol. The van der Waals surface area contributed by atoms with Gasteiger partial charge in [0.15, 0.2) is 0 Å². The Kier molecular flexibility index (Phi) is 1.79. The molecular formula is C10H16N2O3. The van der Waals surface area contributed by atoms with Gasteiger partial charge in [0.05, 0.1) is 13.2 Å². The third kappa shape index (κ3) is 1.26. The van der Waals surface area contributed by atoms with Crippen LogP contribution in [0.5, 0.6) is 0 Å². The van der Waals surface area contributed by atoms with Gasteiger partial charge in [-0.2, -0.15) is 0 Å². The molecule has 15 heavy (non-hydrogen) atoms. The number of nitrogens with two attached hydrogens (primary N) is 1. The number of primary amides is 1. The summed E-state index contributed by atoms with van der Waals surface area (Å²) in [7, 11) is 0. The maximum Gasteiger partial charge on any atom is 0.405 e. The van der Waals surface area contributed by atoms with E-state index in [9.17, 15) is 4.79 Å². The van der Waals surface area contributed by atoms with Crippen molar-refractivity contribution in [2.75, 3.05) is 26.3 Å². The first kappa shape index (κ1) is 9.42. The molecule has 3 saturated carbocycles. The van der Waals surface area contributed by atoms with Crippen molar-refractivity contribution in [2.45, 2.75) is 30.4 Å². The molecule has 4 rings (SSSR count). The van der Waals surface area contributed by atoms with Gasteiger partial charge in [-0.1, -0.05) is 0 Å². The summed E-state index contributed by atoms with van der Waals surface area (Å²) >= 11 is 0. The Morgan fingerprint density at radius 1 is 1.27 bits per heavy atom. The van der Waals surface area contributed by atoms with Crippen LogP contribution in [-0.4, -0.2) is 48.4 Å². The molecule has 0 unspecified atom stereocenters. The quantitative estimate of drug-likeness (QED) is 0.704. The molecule has 0 spiro atoms. The van der Waals surface area contributed by atoms with E-state index in [-0.39, 0.29) is 5.60 Å². The highest BCUT2D eigenvalue weighted by molar-refractivity contribution is 5.66. The highest BCUT2D eigenvalue weighted by Gasteiger charge is 2.72. The van der Waals surface area contributed by atoms with Crippen LogP contribution in [0.3, 0.4) is 0 Å². The van der Waals surface area contributed by atoms with Gasteiger partial charge in [-0.15, -0.1) is 0 Å². The minimum Gasteiger partial charge on any atom is -0.443 e. The molecule has 2 N–H and O–H groups in total. The molecule has 0 radical (unpaired) electrons. The lowest BCUT2D eigenvalue weighted by Gasteiger charge is -2.72. The van der Waals surface area contributed by atoms with Crippen molar-refractivity contribution >= 4 is 6.09 Å². The van der Waals surface area contributed by atoms with Crippen LogP contribution < -0.4 is 5.73 Å². The van der Waals surface area contributed by atoms with E-state index < -0.39 is 6.09 Å². The molecular weight excluding hydrogens is 196 g/mol. The molecule has 5 nitrogen and oxygen atoms in total. The minimum atomic E-state index is -0.634. The van der Waals surface area contributed by atoms with Crippen LogP contribution in [0.2, 0.25) is 0 Å². The largest absolute Gasteiger partial charge is 0.443 e. The number of nitrogens with zero attached hydrogens (tertiary/aromatic N) is 1. The van der Waals surface area contributed by atoms with E-state index in [1.807, 2.05) is 0 Å². The van der Waals surface area contributed by atoms with Crippen molar-refractivity contribution in [3.63, 3.8) is 0 Å². The second-order valence-corrected chi connectivity index (χ2v) is 4.96. The second kappa shape index (κ2) is 2.86. The molecule has 0 aromatic heterocycles. The third-order valence-corrected chi connectivity index (χ3v) is 3.95. The van der Waals surface area contributed by atoms with Crippen molar-refractivity contribution in [3.8, 4) is 0 Å². The number of carbonyl (C=O) groups excluding carboxylic acids is 1. The highest BCUT2D eigenvalue weighted by Crippen LogP contribution is 2.65. The van der Waals surface area contributed by atoms with Crippen molar-refractivity contribution in [3.05, 3.63) is 0 Å².